The molecule has 0 bridgehead atoms. The summed E-state index contributed by atoms with van der Waals surface area (Å²) in [7, 11) is 0. The first-order chi connectivity index (χ1) is 9.22. The summed E-state index contributed by atoms with van der Waals surface area (Å²) in [5.74, 6) is -0.00205. The van der Waals surface area contributed by atoms with Crippen molar-refractivity contribution in [3.63, 3.8) is 0 Å². The standard InChI is InChI=1S/C14H13IN2OS/c15-13-4-12(8-19-13)14(18)17-5-9-1-2-10-6-16-7-11(10)3-9/h1-4,8,16H,5-7H2,(H,17,18). The highest BCUT2D eigenvalue weighted by atomic mass is 127. The second-order valence-electron chi connectivity index (χ2n) is 4.53. The molecular formula is C14H13IN2OS. The van der Waals surface area contributed by atoms with Gasteiger partial charge in [0.05, 0.1) is 8.45 Å². The molecule has 3 rings (SSSR count). The van der Waals surface area contributed by atoms with Crippen LogP contribution in [0.15, 0.2) is 29.6 Å². The van der Waals surface area contributed by atoms with Gasteiger partial charge in [-0.15, -0.1) is 11.3 Å². The fraction of sp³-hybridized carbons (Fsp3) is 0.214. The van der Waals surface area contributed by atoms with E-state index < -0.39 is 0 Å². The van der Waals surface area contributed by atoms with Gasteiger partial charge in [-0.25, -0.2) is 0 Å². The van der Waals surface area contributed by atoms with E-state index in [1.165, 1.54) is 11.1 Å². The van der Waals surface area contributed by atoms with E-state index in [0.29, 0.717) is 6.54 Å². The third-order valence-corrected chi connectivity index (χ3v) is 4.97. The maximum absolute atomic E-state index is 11.9. The van der Waals surface area contributed by atoms with Crippen LogP contribution in [0.2, 0.25) is 0 Å². The summed E-state index contributed by atoms with van der Waals surface area (Å²) in [6.07, 6.45) is 0. The molecular weight excluding hydrogens is 371 g/mol. The van der Waals surface area contributed by atoms with E-state index >= 15 is 0 Å². The van der Waals surface area contributed by atoms with Gasteiger partial charge >= 0.3 is 0 Å². The molecule has 0 radical (unpaired) electrons. The fourth-order valence-electron chi connectivity index (χ4n) is 2.17. The average molecular weight is 384 g/mol. The quantitative estimate of drug-likeness (QED) is 0.800. The third kappa shape index (κ3) is 2.98. The number of fused-ring (bicyclic) bond motifs is 1. The van der Waals surface area contributed by atoms with Crippen molar-refractivity contribution in [1.82, 2.24) is 10.6 Å². The zero-order valence-electron chi connectivity index (χ0n) is 10.2. The topological polar surface area (TPSA) is 41.1 Å². The predicted octanol–water partition coefficient (Wildman–Crippen LogP) is 2.89. The summed E-state index contributed by atoms with van der Waals surface area (Å²) in [4.78, 5) is 11.9. The molecule has 1 aromatic heterocycles. The Labute approximate surface area is 129 Å². The Morgan fingerprint density at radius 3 is 2.95 bits per heavy atom. The van der Waals surface area contributed by atoms with Crippen molar-refractivity contribution in [1.29, 1.82) is 0 Å². The molecule has 1 aromatic carbocycles. The normalized spacial score (nSPS) is 13.3. The SMILES string of the molecule is O=C(NCc1ccc2c(c1)CNC2)c1csc(I)c1. The van der Waals surface area contributed by atoms with Gasteiger partial charge in [-0.1, -0.05) is 18.2 Å². The number of hydrogen-bond acceptors (Lipinski definition) is 3. The molecule has 2 aromatic rings. The molecule has 98 valence electrons. The molecule has 2 N–H and O–H groups in total. The predicted molar refractivity (Wildman–Crippen MR) is 85.2 cm³/mol. The first-order valence-electron chi connectivity index (χ1n) is 6.06. The van der Waals surface area contributed by atoms with E-state index in [1.54, 1.807) is 11.3 Å². The second kappa shape index (κ2) is 5.60. The molecule has 0 atom stereocenters. The van der Waals surface area contributed by atoms with Crippen molar-refractivity contribution in [2.45, 2.75) is 19.6 Å². The van der Waals surface area contributed by atoms with Gasteiger partial charge in [0.1, 0.15) is 0 Å². The highest BCUT2D eigenvalue weighted by Gasteiger charge is 2.11. The number of carbonyl (C=O) groups is 1. The van der Waals surface area contributed by atoms with Crippen LogP contribution in [-0.4, -0.2) is 5.91 Å². The van der Waals surface area contributed by atoms with Gasteiger partial charge in [0.2, 0.25) is 0 Å². The summed E-state index contributed by atoms with van der Waals surface area (Å²) >= 11 is 3.81. The maximum Gasteiger partial charge on any atom is 0.252 e. The van der Waals surface area contributed by atoms with E-state index in [2.05, 4.69) is 51.4 Å². The molecule has 1 aliphatic heterocycles. The van der Waals surface area contributed by atoms with Gasteiger partial charge in [-0.3, -0.25) is 4.79 Å². The Balaban J connectivity index is 1.64. The molecule has 5 heteroatoms. The first kappa shape index (κ1) is 13.1. The van der Waals surface area contributed by atoms with E-state index in [1.807, 2.05) is 11.4 Å². The lowest BCUT2D eigenvalue weighted by Crippen LogP contribution is -2.22. The van der Waals surface area contributed by atoms with Gasteiger partial charge in [-0.05, 0) is 45.3 Å². The molecule has 0 saturated carbocycles. The van der Waals surface area contributed by atoms with Crippen LogP contribution in [0.3, 0.4) is 0 Å². The molecule has 0 unspecified atom stereocenters. The second-order valence-corrected chi connectivity index (χ2v) is 7.33. The van der Waals surface area contributed by atoms with Crippen LogP contribution in [0.4, 0.5) is 0 Å². The number of amides is 1. The van der Waals surface area contributed by atoms with Crippen LogP contribution < -0.4 is 10.6 Å². The van der Waals surface area contributed by atoms with Crippen molar-refractivity contribution in [3.8, 4) is 0 Å². The Morgan fingerprint density at radius 1 is 1.32 bits per heavy atom. The summed E-state index contributed by atoms with van der Waals surface area (Å²) in [5.41, 5.74) is 4.61. The lowest BCUT2D eigenvalue weighted by Gasteiger charge is -2.06. The van der Waals surface area contributed by atoms with Crippen LogP contribution in [0, 0.1) is 2.88 Å². The van der Waals surface area contributed by atoms with Gasteiger partial charge in [-0.2, -0.15) is 0 Å². The van der Waals surface area contributed by atoms with Crippen LogP contribution in [-0.2, 0) is 19.6 Å². The zero-order chi connectivity index (χ0) is 13.2. The molecule has 1 aliphatic rings. The number of thiophene rings is 1. The molecule has 1 amide bonds. The highest BCUT2D eigenvalue weighted by Crippen LogP contribution is 2.18. The van der Waals surface area contributed by atoms with Gasteiger partial charge in [0.15, 0.2) is 0 Å². The number of benzene rings is 1. The molecule has 0 spiro atoms. The first-order valence-corrected chi connectivity index (χ1v) is 8.02. The van der Waals surface area contributed by atoms with Crippen molar-refractivity contribution in [3.05, 3.63) is 54.8 Å². The Morgan fingerprint density at radius 2 is 2.16 bits per heavy atom. The smallest absolute Gasteiger partial charge is 0.252 e. The Hall–Kier alpha value is -0.920. The van der Waals surface area contributed by atoms with Crippen molar-refractivity contribution < 1.29 is 4.79 Å². The average Bonchev–Trinajstić information content (AvgIpc) is 3.03. The lowest BCUT2D eigenvalue weighted by atomic mass is 10.1. The minimum atomic E-state index is -0.00205. The van der Waals surface area contributed by atoms with Crippen molar-refractivity contribution in [2.75, 3.05) is 0 Å². The van der Waals surface area contributed by atoms with Crippen molar-refractivity contribution in [2.24, 2.45) is 0 Å². The monoisotopic (exact) mass is 384 g/mol. The van der Waals surface area contributed by atoms with Gasteiger partial charge < -0.3 is 10.6 Å². The molecule has 0 aliphatic carbocycles. The summed E-state index contributed by atoms with van der Waals surface area (Å²) in [6, 6.07) is 8.31. The fourth-order valence-corrected chi connectivity index (χ4v) is 3.50. The highest BCUT2D eigenvalue weighted by molar-refractivity contribution is 14.1. The summed E-state index contributed by atoms with van der Waals surface area (Å²) in [6.45, 7) is 2.47. The molecule has 0 saturated heterocycles. The van der Waals surface area contributed by atoms with Crippen LogP contribution in [0.5, 0.6) is 0 Å². The number of hydrogen-bond donors (Lipinski definition) is 2. The number of rotatable bonds is 3. The van der Waals surface area contributed by atoms with E-state index in [-0.39, 0.29) is 5.91 Å². The molecule has 19 heavy (non-hydrogen) atoms. The van der Waals surface area contributed by atoms with Crippen LogP contribution >= 0.6 is 33.9 Å². The van der Waals surface area contributed by atoms with E-state index in [0.717, 1.165) is 27.1 Å². The Kier molecular flexibility index (Phi) is 3.86. The minimum Gasteiger partial charge on any atom is -0.348 e. The van der Waals surface area contributed by atoms with E-state index in [9.17, 15) is 4.79 Å². The van der Waals surface area contributed by atoms with Crippen LogP contribution in [0.25, 0.3) is 0 Å². The number of carbonyl (C=O) groups excluding carboxylic acids is 1. The lowest BCUT2D eigenvalue weighted by molar-refractivity contribution is 0.0951. The molecule has 0 fully saturated rings. The summed E-state index contributed by atoms with van der Waals surface area (Å²) in [5, 5.41) is 8.18. The van der Waals surface area contributed by atoms with E-state index in [4.69, 9.17) is 0 Å². The molecule has 2 heterocycles. The van der Waals surface area contributed by atoms with Crippen LogP contribution in [0.1, 0.15) is 27.0 Å². The minimum absolute atomic E-state index is 0.00205. The maximum atomic E-state index is 11.9. The zero-order valence-corrected chi connectivity index (χ0v) is 13.2. The number of nitrogens with one attached hydrogen (secondary N) is 2. The summed E-state index contributed by atoms with van der Waals surface area (Å²) < 4.78 is 1.13. The van der Waals surface area contributed by atoms with Crippen molar-refractivity contribution >= 4 is 39.8 Å². The van der Waals surface area contributed by atoms with Gasteiger partial charge in [0.25, 0.3) is 5.91 Å². The largest absolute Gasteiger partial charge is 0.348 e. The number of halogens is 1. The molecule has 3 nitrogen and oxygen atoms in total. The Bertz CT molecular complexity index is 624. The van der Waals surface area contributed by atoms with Gasteiger partial charge in [0, 0.05) is 25.0 Å². The third-order valence-electron chi connectivity index (χ3n) is 3.18.